The smallest absolute Gasteiger partial charge is 0.407 e. The number of nitrogens with one attached hydrogen (secondary N) is 1. The van der Waals surface area contributed by atoms with Crippen molar-refractivity contribution in [3.63, 3.8) is 0 Å². The van der Waals surface area contributed by atoms with Crippen LogP contribution in [0, 0.1) is 5.92 Å². The second-order valence-electron chi connectivity index (χ2n) is 4.62. The summed E-state index contributed by atoms with van der Waals surface area (Å²) in [5.41, 5.74) is 0.887. The van der Waals surface area contributed by atoms with Crippen LogP contribution in [0.4, 0.5) is 4.79 Å². The summed E-state index contributed by atoms with van der Waals surface area (Å²) in [6.45, 7) is 3.56. The van der Waals surface area contributed by atoms with Crippen LogP contribution in [0.15, 0.2) is 30.3 Å². The van der Waals surface area contributed by atoms with E-state index in [1.807, 2.05) is 30.3 Å². The van der Waals surface area contributed by atoms with Crippen LogP contribution >= 0.6 is 0 Å². The van der Waals surface area contributed by atoms with Gasteiger partial charge in [0.2, 0.25) is 0 Å². The molecular formula is C15H21NO4. The van der Waals surface area contributed by atoms with E-state index in [9.17, 15) is 14.7 Å². The highest BCUT2D eigenvalue weighted by molar-refractivity contribution is 5.81. The Kier molecular flexibility index (Phi) is 6.73. The molecule has 20 heavy (non-hydrogen) atoms. The van der Waals surface area contributed by atoms with Gasteiger partial charge in [0.05, 0.1) is 6.10 Å². The van der Waals surface area contributed by atoms with Gasteiger partial charge in [0.25, 0.3) is 0 Å². The van der Waals surface area contributed by atoms with Crippen molar-refractivity contribution in [2.75, 3.05) is 6.54 Å². The van der Waals surface area contributed by atoms with E-state index in [0.717, 1.165) is 5.56 Å². The molecule has 0 bridgehead atoms. The van der Waals surface area contributed by atoms with Gasteiger partial charge in [-0.1, -0.05) is 44.2 Å². The molecule has 1 aromatic carbocycles. The lowest BCUT2D eigenvalue weighted by molar-refractivity contribution is -0.125. The third-order valence-electron chi connectivity index (χ3n) is 3.10. The number of carbonyl (C=O) groups excluding carboxylic acids is 2. The molecule has 5 nitrogen and oxygen atoms in total. The Hall–Kier alpha value is -1.88. The van der Waals surface area contributed by atoms with E-state index in [1.54, 1.807) is 13.8 Å². The average molecular weight is 279 g/mol. The minimum atomic E-state index is -0.897. The molecule has 0 saturated carbocycles. The predicted octanol–water partition coefficient (Wildman–Crippen LogP) is 1.89. The minimum absolute atomic E-state index is 0.000525. The van der Waals surface area contributed by atoms with Crippen molar-refractivity contribution in [2.45, 2.75) is 33.0 Å². The van der Waals surface area contributed by atoms with Gasteiger partial charge >= 0.3 is 6.09 Å². The fraction of sp³-hybridized carbons (Fsp3) is 0.467. The molecule has 0 aliphatic rings. The molecule has 2 N–H and O–H groups in total. The summed E-state index contributed by atoms with van der Waals surface area (Å²) in [6.07, 6.45) is -1.13. The first-order chi connectivity index (χ1) is 9.54. The van der Waals surface area contributed by atoms with Crippen LogP contribution in [0.1, 0.15) is 25.8 Å². The number of rotatable bonds is 7. The number of hydrogen-bond acceptors (Lipinski definition) is 4. The third-order valence-corrected chi connectivity index (χ3v) is 3.10. The molecule has 2 atom stereocenters. The summed E-state index contributed by atoms with van der Waals surface area (Å²) in [4.78, 5) is 22.9. The molecule has 1 rings (SSSR count). The Bertz CT molecular complexity index is 433. The van der Waals surface area contributed by atoms with Gasteiger partial charge in [-0.2, -0.15) is 0 Å². The SMILES string of the molecule is CCC(=O)[C@@H](C)[C@H](O)CNC(=O)OCc1ccccc1. The molecule has 0 aromatic heterocycles. The number of amides is 1. The zero-order chi connectivity index (χ0) is 15.0. The van der Waals surface area contributed by atoms with Gasteiger partial charge in [0.15, 0.2) is 0 Å². The molecule has 0 aliphatic carbocycles. The highest BCUT2D eigenvalue weighted by Gasteiger charge is 2.21. The van der Waals surface area contributed by atoms with Crippen LogP contribution in [0.5, 0.6) is 0 Å². The molecule has 0 spiro atoms. The Morgan fingerprint density at radius 3 is 2.55 bits per heavy atom. The standard InChI is InChI=1S/C15H21NO4/c1-3-13(17)11(2)14(18)9-16-15(19)20-10-12-7-5-4-6-8-12/h4-8,11,14,18H,3,9-10H2,1-2H3,(H,16,19)/t11-,14-/m1/s1. The quantitative estimate of drug-likeness (QED) is 0.799. The van der Waals surface area contributed by atoms with E-state index in [4.69, 9.17) is 4.74 Å². The predicted molar refractivity (Wildman–Crippen MR) is 75.1 cm³/mol. The van der Waals surface area contributed by atoms with Crippen molar-refractivity contribution in [1.82, 2.24) is 5.32 Å². The summed E-state index contributed by atoms with van der Waals surface area (Å²) in [5.74, 6) is -0.522. The lowest BCUT2D eigenvalue weighted by atomic mass is 9.98. The van der Waals surface area contributed by atoms with Crippen LogP contribution < -0.4 is 5.32 Å². The number of benzene rings is 1. The molecule has 1 aromatic rings. The first kappa shape index (κ1) is 16.2. The largest absolute Gasteiger partial charge is 0.445 e. The summed E-state index contributed by atoms with van der Waals surface area (Å²) < 4.78 is 5.00. The number of ether oxygens (including phenoxy) is 1. The highest BCUT2D eigenvalue weighted by Crippen LogP contribution is 2.06. The number of Topliss-reactive ketones (excluding diaryl/α,β-unsaturated/α-hetero) is 1. The number of aliphatic hydroxyl groups is 1. The monoisotopic (exact) mass is 279 g/mol. The Morgan fingerprint density at radius 1 is 1.30 bits per heavy atom. The van der Waals surface area contributed by atoms with Crippen LogP contribution in [0.3, 0.4) is 0 Å². The van der Waals surface area contributed by atoms with Gasteiger partial charge in [-0.25, -0.2) is 4.79 Å². The highest BCUT2D eigenvalue weighted by atomic mass is 16.5. The second-order valence-corrected chi connectivity index (χ2v) is 4.62. The van der Waals surface area contributed by atoms with Crippen molar-refractivity contribution in [3.05, 3.63) is 35.9 Å². The minimum Gasteiger partial charge on any atom is -0.445 e. The van der Waals surface area contributed by atoms with Crippen LogP contribution in [0.2, 0.25) is 0 Å². The van der Waals surface area contributed by atoms with E-state index in [0.29, 0.717) is 6.42 Å². The lowest BCUT2D eigenvalue weighted by Gasteiger charge is -2.17. The molecule has 1 amide bonds. The van der Waals surface area contributed by atoms with Gasteiger partial charge in [0.1, 0.15) is 12.4 Å². The lowest BCUT2D eigenvalue weighted by Crippen LogP contribution is -2.38. The van der Waals surface area contributed by atoms with Crippen molar-refractivity contribution in [2.24, 2.45) is 5.92 Å². The molecule has 0 fully saturated rings. The van der Waals surface area contributed by atoms with Gasteiger partial charge in [-0.15, -0.1) is 0 Å². The Labute approximate surface area is 118 Å². The Morgan fingerprint density at radius 2 is 1.95 bits per heavy atom. The van der Waals surface area contributed by atoms with Crippen LogP contribution in [0.25, 0.3) is 0 Å². The normalized spacial score (nSPS) is 13.3. The summed E-state index contributed by atoms with van der Waals surface area (Å²) in [5, 5.41) is 12.2. The summed E-state index contributed by atoms with van der Waals surface area (Å²) in [6, 6.07) is 9.30. The van der Waals surface area contributed by atoms with E-state index < -0.39 is 18.1 Å². The zero-order valence-corrected chi connectivity index (χ0v) is 11.8. The van der Waals surface area contributed by atoms with E-state index in [2.05, 4.69) is 5.32 Å². The first-order valence-corrected chi connectivity index (χ1v) is 6.70. The van der Waals surface area contributed by atoms with Gasteiger partial charge in [-0.3, -0.25) is 4.79 Å². The van der Waals surface area contributed by atoms with Crippen molar-refractivity contribution in [1.29, 1.82) is 0 Å². The van der Waals surface area contributed by atoms with Gasteiger partial charge in [-0.05, 0) is 5.56 Å². The fourth-order valence-electron chi connectivity index (χ4n) is 1.68. The van der Waals surface area contributed by atoms with E-state index in [-0.39, 0.29) is 18.9 Å². The number of ketones is 1. The molecule has 0 heterocycles. The molecule has 5 heteroatoms. The summed E-state index contributed by atoms with van der Waals surface area (Å²) in [7, 11) is 0. The third kappa shape index (κ3) is 5.40. The maximum atomic E-state index is 11.5. The molecule has 0 saturated heterocycles. The number of carbonyl (C=O) groups is 2. The molecule has 0 aliphatic heterocycles. The zero-order valence-electron chi connectivity index (χ0n) is 11.8. The molecular weight excluding hydrogens is 258 g/mol. The van der Waals surface area contributed by atoms with E-state index in [1.165, 1.54) is 0 Å². The van der Waals surface area contributed by atoms with Crippen molar-refractivity contribution < 1.29 is 19.4 Å². The number of hydrogen-bond donors (Lipinski definition) is 2. The van der Waals surface area contributed by atoms with E-state index >= 15 is 0 Å². The van der Waals surface area contributed by atoms with Crippen molar-refractivity contribution >= 4 is 11.9 Å². The maximum absolute atomic E-state index is 11.5. The maximum Gasteiger partial charge on any atom is 0.407 e. The van der Waals surface area contributed by atoms with Gasteiger partial charge < -0.3 is 15.2 Å². The van der Waals surface area contributed by atoms with Crippen LogP contribution in [-0.2, 0) is 16.1 Å². The molecule has 0 unspecified atom stereocenters. The first-order valence-electron chi connectivity index (χ1n) is 6.70. The average Bonchev–Trinajstić information content (AvgIpc) is 2.49. The summed E-state index contributed by atoms with van der Waals surface area (Å²) >= 11 is 0. The number of aliphatic hydroxyl groups excluding tert-OH is 1. The number of alkyl carbamates (subject to hydrolysis) is 1. The Balaban J connectivity index is 2.28. The second kappa shape index (κ2) is 8.32. The molecule has 110 valence electrons. The molecule has 0 radical (unpaired) electrons. The van der Waals surface area contributed by atoms with Crippen molar-refractivity contribution in [3.8, 4) is 0 Å². The topological polar surface area (TPSA) is 75.6 Å². The van der Waals surface area contributed by atoms with Crippen LogP contribution in [-0.4, -0.2) is 29.6 Å². The fourth-order valence-corrected chi connectivity index (χ4v) is 1.68. The van der Waals surface area contributed by atoms with Gasteiger partial charge in [0, 0.05) is 18.9 Å².